The number of furan rings is 1. The normalized spacial score (nSPS) is 13.0. The second kappa shape index (κ2) is 6.64. The molecule has 3 heteroatoms. The number of unbranched alkanes of at least 4 members (excludes halogenated alkanes) is 1. The lowest BCUT2D eigenvalue weighted by Crippen LogP contribution is -2.33. The molecular weight excluding hydrogens is 188 g/mol. The van der Waals surface area contributed by atoms with Gasteiger partial charge in [0.05, 0.1) is 6.54 Å². The molecule has 0 aromatic carbocycles. The predicted octanol–water partition coefficient (Wildman–Crippen LogP) is 2.20. The van der Waals surface area contributed by atoms with Crippen LogP contribution in [0.15, 0.2) is 16.5 Å². The Morgan fingerprint density at radius 3 is 2.87 bits per heavy atom. The molecule has 0 aliphatic heterocycles. The summed E-state index contributed by atoms with van der Waals surface area (Å²) in [5, 5.41) is 3.30. The third-order valence-corrected chi connectivity index (χ3v) is 2.43. The van der Waals surface area contributed by atoms with E-state index in [1.165, 1.54) is 12.8 Å². The third-order valence-electron chi connectivity index (χ3n) is 2.43. The highest BCUT2D eigenvalue weighted by molar-refractivity contribution is 5.05. The summed E-state index contributed by atoms with van der Waals surface area (Å²) in [6, 6.07) is 4.24. The van der Waals surface area contributed by atoms with Crippen LogP contribution < -0.4 is 11.1 Å². The van der Waals surface area contributed by atoms with Gasteiger partial charge in [0, 0.05) is 12.6 Å². The van der Waals surface area contributed by atoms with Crippen molar-refractivity contribution in [2.24, 2.45) is 5.73 Å². The Hall–Kier alpha value is -0.800. The summed E-state index contributed by atoms with van der Waals surface area (Å²) in [4.78, 5) is 0. The zero-order valence-electron chi connectivity index (χ0n) is 9.75. The van der Waals surface area contributed by atoms with Gasteiger partial charge in [0.15, 0.2) is 0 Å². The molecule has 0 spiro atoms. The van der Waals surface area contributed by atoms with E-state index < -0.39 is 0 Å². The Labute approximate surface area is 92.0 Å². The molecule has 1 atom stereocenters. The van der Waals surface area contributed by atoms with Crippen LogP contribution in [-0.4, -0.2) is 12.6 Å². The van der Waals surface area contributed by atoms with Crippen LogP contribution in [0.3, 0.4) is 0 Å². The SMILES string of the molecule is CCCCC(N)CNCc1ccc(C)o1. The van der Waals surface area contributed by atoms with Crippen LogP contribution in [0.25, 0.3) is 0 Å². The summed E-state index contributed by atoms with van der Waals surface area (Å²) in [6.45, 7) is 5.77. The molecule has 0 fully saturated rings. The first-order valence-electron chi connectivity index (χ1n) is 5.74. The molecule has 0 aliphatic carbocycles. The average Bonchev–Trinajstić information content (AvgIpc) is 2.61. The molecule has 1 aromatic heterocycles. The molecule has 1 unspecified atom stereocenters. The highest BCUT2D eigenvalue weighted by Crippen LogP contribution is 2.05. The Morgan fingerprint density at radius 2 is 2.27 bits per heavy atom. The minimum absolute atomic E-state index is 0.265. The lowest BCUT2D eigenvalue weighted by atomic mass is 10.1. The van der Waals surface area contributed by atoms with E-state index in [4.69, 9.17) is 10.2 Å². The van der Waals surface area contributed by atoms with E-state index in [0.29, 0.717) is 0 Å². The van der Waals surface area contributed by atoms with Gasteiger partial charge in [-0.1, -0.05) is 19.8 Å². The van der Waals surface area contributed by atoms with E-state index >= 15 is 0 Å². The van der Waals surface area contributed by atoms with Crippen molar-refractivity contribution >= 4 is 0 Å². The van der Waals surface area contributed by atoms with Crippen molar-refractivity contribution in [3.63, 3.8) is 0 Å². The minimum Gasteiger partial charge on any atom is -0.465 e. The average molecular weight is 210 g/mol. The van der Waals surface area contributed by atoms with Crippen LogP contribution >= 0.6 is 0 Å². The summed E-state index contributed by atoms with van der Waals surface area (Å²) in [5.41, 5.74) is 5.94. The van der Waals surface area contributed by atoms with E-state index in [1.807, 2.05) is 19.1 Å². The molecule has 0 radical (unpaired) electrons. The van der Waals surface area contributed by atoms with Crippen molar-refractivity contribution in [1.29, 1.82) is 0 Å². The van der Waals surface area contributed by atoms with Crippen LogP contribution in [0.4, 0.5) is 0 Å². The molecule has 0 bridgehead atoms. The smallest absolute Gasteiger partial charge is 0.117 e. The van der Waals surface area contributed by atoms with Gasteiger partial charge in [-0.15, -0.1) is 0 Å². The summed E-state index contributed by atoms with van der Waals surface area (Å²) < 4.78 is 5.44. The molecule has 1 aromatic rings. The first kappa shape index (κ1) is 12.3. The predicted molar refractivity (Wildman–Crippen MR) is 62.7 cm³/mol. The van der Waals surface area contributed by atoms with Crippen LogP contribution in [0.2, 0.25) is 0 Å². The number of nitrogens with one attached hydrogen (secondary N) is 1. The fourth-order valence-corrected chi connectivity index (χ4v) is 1.53. The lowest BCUT2D eigenvalue weighted by molar-refractivity contribution is 0.447. The number of hydrogen-bond acceptors (Lipinski definition) is 3. The molecule has 86 valence electrons. The highest BCUT2D eigenvalue weighted by atomic mass is 16.3. The van der Waals surface area contributed by atoms with Gasteiger partial charge in [-0.3, -0.25) is 0 Å². The highest BCUT2D eigenvalue weighted by Gasteiger charge is 2.02. The maximum absolute atomic E-state index is 5.94. The van der Waals surface area contributed by atoms with E-state index in [-0.39, 0.29) is 6.04 Å². The Kier molecular flexibility index (Phi) is 5.43. The third kappa shape index (κ3) is 5.00. The lowest BCUT2D eigenvalue weighted by Gasteiger charge is -2.11. The fraction of sp³-hybridized carbons (Fsp3) is 0.667. The van der Waals surface area contributed by atoms with E-state index in [0.717, 1.165) is 31.0 Å². The first-order valence-corrected chi connectivity index (χ1v) is 5.74. The van der Waals surface area contributed by atoms with Gasteiger partial charge < -0.3 is 15.5 Å². The summed E-state index contributed by atoms with van der Waals surface area (Å²) in [7, 11) is 0. The van der Waals surface area contributed by atoms with Crippen molar-refractivity contribution < 1.29 is 4.42 Å². The van der Waals surface area contributed by atoms with Gasteiger partial charge in [0.2, 0.25) is 0 Å². The first-order chi connectivity index (χ1) is 7.22. The standard InChI is InChI=1S/C12H22N2O/c1-3-4-5-11(13)8-14-9-12-7-6-10(2)15-12/h6-7,11,14H,3-5,8-9,13H2,1-2H3. The quantitative estimate of drug-likeness (QED) is 0.725. The number of nitrogens with two attached hydrogens (primary N) is 1. The van der Waals surface area contributed by atoms with Gasteiger partial charge in [-0.2, -0.15) is 0 Å². The van der Waals surface area contributed by atoms with Crippen LogP contribution in [0.5, 0.6) is 0 Å². The molecule has 0 saturated heterocycles. The Morgan fingerprint density at radius 1 is 1.47 bits per heavy atom. The molecule has 15 heavy (non-hydrogen) atoms. The van der Waals surface area contributed by atoms with Gasteiger partial charge in [-0.05, 0) is 25.5 Å². The molecule has 3 N–H and O–H groups in total. The van der Waals surface area contributed by atoms with Crippen molar-refractivity contribution in [2.75, 3.05) is 6.54 Å². The molecule has 0 saturated carbocycles. The fourth-order valence-electron chi connectivity index (χ4n) is 1.53. The Balaban J connectivity index is 2.10. The maximum atomic E-state index is 5.94. The van der Waals surface area contributed by atoms with Gasteiger partial charge in [-0.25, -0.2) is 0 Å². The second-order valence-corrected chi connectivity index (χ2v) is 4.05. The summed E-state index contributed by atoms with van der Waals surface area (Å²) in [5.74, 6) is 1.94. The monoisotopic (exact) mass is 210 g/mol. The van der Waals surface area contributed by atoms with E-state index in [1.54, 1.807) is 0 Å². The number of hydrogen-bond donors (Lipinski definition) is 2. The summed E-state index contributed by atoms with van der Waals surface area (Å²) in [6.07, 6.45) is 3.52. The van der Waals surface area contributed by atoms with Gasteiger partial charge in [0.25, 0.3) is 0 Å². The van der Waals surface area contributed by atoms with Crippen molar-refractivity contribution in [3.05, 3.63) is 23.7 Å². The summed E-state index contributed by atoms with van der Waals surface area (Å²) >= 11 is 0. The molecular formula is C12H22N2O. The van der Waals surface area contributed by atoms with Crippen molar-refractivity contribution in [1.82, 2.24) is 5.32 Å². The zero-order valence-corrected chi connectivity index (χ0v) is 9.75. The molecule has 1 rings (SSSR count). The van der Waals surface area contributed by atoms with Crippen molar-refractivity contribution in [3.8, 4) is 0 Å². The topological polar surface area (TPSA) is 51.2 Å². The number of aryl methyl sites for hydroxylation is 1. The number of rotatable bonds is 7. The molecule has 1 heterocycles. The zero-order chi connectivity index (χ0) is 11.1. The Bertz CT molecular complexity index is 270. The van der Waals surface area contributed by atoms with Crippen LogP contribution in [0, 0.1) is 6.92 Å². The molecule has 3 nitrogen and oxygen atoms in total. The minimum atomic E-state index is 0.265. The van der Waals surface area contributed by atoms with Gasteiger partial charge in [0.1, 0.15) is 11.5 Å². The molecule has 0 aliphatic rings. The van der Waals surface area contributed by atoms with Crippen LogP contribution in [-0.2, 0) is 6.54 Å². The molecule has 0 amide bonds. The maximum Gasteiger partial charge on any atom is 0.117 e. The van der Waals surface area contributed by atoms with Gasteiger partial charge >= 0.3 is 0 Å². The van der Waals surface area contributed by atoms with E-state index in [9.17, 15) is 0 Å². The largest absolute Gasteiger partial charge is 0.465 e. The van der Waals surface area contributed by atoms with Crippen LogP contribution in [0.1, 0.15) is 37.7 Å². The second-order valence-electron chi connectivity index (χ2n) is 4.05. The van der Waals surface area contributed by atoms with Crippen molar-refractivity contribution in [2.45, 2.75) is 45.7 Å². The van der Waals surface area contributed by atoms with E-state index in [2.05, 4.69) is 12.2 Å².